The fraction of sp³-hybridized carbons (Fsp3) is 0.304. The highest BCUT2D eigenvalue weighted by Gasteiger charge is 2.19. The third kappa shape index (κ3) is 5.64. The summed E-state index contributed by atoms with van der Waals surface area (Å²) in [6.07, 6.45) is 1.99. The molecule has 9 heteroatoms. The van der Waals surface area contributed by atoms with E-state index in [1.54, 1.807) is 24.3 Å². The van der Waals surface area contributed by atoms with Crippen LogP contribution in [0.3, 0.4) is 0 Å². The molecule has 0 saturated carbocycles. The zero-order valence-electron chi connectivity index (χ0n) is 17.9. The minimum atomic E-state index is -1.10. The van der Waals surface area contributed by atoms with Crippen molar-refractivity contribution in [3.8, 4) is 0 Å². The van der Waals surface area contributed by atoms with E-state index in [4.69, 9.17) is 11.6 Å². The molecule has 2 N–H and O–H groups in total. The van der Waals surface area contributed by atoms with Gasteiger partial charge in [-0.3, -0.25) is 9.36 Å². The van der Waals surface area contributed by atoms with Crippen molar-refractivity contribution < 1.29 is 9.90 Å². The Labute approximate surface area is 190 Å². The lowest BCUT2D eigenvalue weighted by Crippen LogP contribution is -2.44. The topological polar surface area (TPSA) is 106 Å². The second-order valence-electron chi connectivity index (χ2n) is 7.63. The standard InChI is InChI=1S/C23H25ClN4O4/c1-3-4-16-7-11-19(12-8-16)25-21-26-22(31)28(13-15(2)20(29)30)23(32)27(21)14-17-5-9-18(24)10-6-17/h5-12,15H,3-4,13-14H2,1-2H3,(H,29,30)(H,25,26,31)/t15-/m0/s1. The fourth-order valence-corrected chi connectivity index (χ4v) is 3.35. The maximum Gasteiger partial charge on any atom is 0.354 e. The van der Waals surface area contributed by atoms with Crippen molar-refractivity contribution in [2.75, 3.05) is 5.32 Å². The van der Waals surface area contributed by atoms with E-state index in [0.29, 0.717) is 10.7 Å². The monoisotopic (exact) mass is 456 g/mol. The Morgan fingerprint density at radius 3 is 2.28 bits per heavy atom. The van der Waals surface area contributed by atoms with Crippen LogP contribution in [0, 0.1) is 5.92 Å². The lowest BCUT2D eigenvalue weighted by Gasteiger charge is -2.17. The molecule has 3 rings (SSSR count). The van der Waals surface area contributed by atoms with Crippen LogP contribution in [-0.4, -0.2) is 25.2 Å². The van der Waals surface area contributed by atoms with Crippen LogP contribution in [0.4, 0.5) is 11.6 Å². The number of hydrogen-bond donors (Lipinski definition) is 2. The minimum absolute atomic E-state index is 0.0809. The SMILES string of the molecule is CCCc1ccc(Nc2nc(=O)n(C[C@H](C)C(=O)O)c(=O)n2Cc2ccc(Cl)cc2)cc1. The number of aliphatic carboxylic acids is 1. The molecule has 0 aliphatic carbocycles. The van der Waals surface area contributed by atoms with Gasteiger partial charge in [-0.05, 0) is 41.8 Å². The molecule has 0 aliphatic rings. The molecule has 0 bridgehead atoms. The van der Waals surface area contributed by atoms with E-state index in [-0.39, 0.29) is 19.0 Å². The lowest BCUT2D eigenvalue weighted by atomic mass is 10.1. The van der Waals surface area contributed by atoms with Crippen LogP contribution in [0.1, 0.15) is 31.4 Å². The van der Waals surface area contributed by atoms with Gasteiger partial charge in [0, 0.05) is 17.3 Å². The number of nitrogens with one attached hydrogen (secondary N) is 1. The van der Waals surface area contributed by atoms with Gasteiger partial charge in [-0.2, -0.15) is 4.98 Å². The second kappa shape index (κ2) is 10.3. The van der Waals surface area contributed by atoms with Crippen LogP contribution in [0.5, 0.6) is 0 Å². The number of halogens is 1. The van der Waals surface area contributed by atoms with Crippen LogP contribution in [0.25, 0.3) is 0 Å². The Morgan fingerprint density at radius 1 is 1.06 bits per heavy atom. The largest absolute Gasteiger partial charge is 0.481 e. The minimum Gasteiger partial charge on any atom is -0.481 e. The van der Waals surface area contributed by atoms with Crippen LogP contribution in [0.15, 0.2) is 58.1 Å². The molecule has 0 unspecified atom stereocenters. The Morgan fingerprint density at radius 2 is 1.69 bits per heavy atom. The van der Waals surface area contributed by atoms with Crippen LogP contribution in [-0.2, 0) is 24.3 Å². The normalized spacial score (nSPS) is 11.8. The third-order valence-electron chi connectivity index (χ3n) is 5.03. The van der Waals surface area contributed by atoms with E-state index < -0.39 is 23.3 Å². The number of rotatable bonds is 9. The molecular formula is C23H25ClN4O4. The first kappa shape index (κ1) is 23.3. The van der Waals surface area contributed by atoms with Gasteiger partial charge in [0.2, 0.25) is 5.95 Å². The van der Waals surface area contributed by atoms with Gasteiger partial charge in [-0.1, -0.05) is 56.1 Å². The van der Waals surface area contributed by atoms with E-state index in [0.717, 1.165) is 23.0 Å². The number of carboxylic acid groups (broad SMARTS) is 1. The second-order valence-corrected chi connectivity index (χ2v) is 8.07. The summed E-state index contributed by atoms with van der Waals surface area (Å²) in [4.78, 5) is 41.1. The molecule has 3 aromatic rings. The number of nitrogens with zero attached hydrogens (tertiary/aromatic N) is 3. The molecule has 1 heterocycles. The highest BCUT2D eigenvalue weighted by Crippen LogP contribution is 2.17. The fourth-order valence-electron chi connectivity index (χ4n) is 3.22. The smallest absolute Gasteiger partial charge is 0.354 e. The summed E-state index contributed by atoms with van der Waals surface area (Å²) in [7, 11) is 0. The van der Waals surface area contributed by atoms with Gasteiger partial charge in [0.1, 0.15) is 0 Å². The van der Waals surface area contributed by atoms with Crippen molar-refractivity contribution in [2.45, 2.75) is 39.8 Å². The van der Waals surface area contributed by atoms with Crippen molar-refractivity contribution in [3.05, 3.63) is 85.6 Å². The molecule has 2 aromatic carbocycles. The Hall–Kier alpha value is -3.39. The van der Waals surface area contributed by atoms with E-state index in [9.17, 15) is 19.5 Å². The molecule has 0 saturated heterocycles. The Balaban J connectivity index is 2.03. The number of benzene rings is 2. The number of aromatic nitrogens is 3. The first-order valence-corrected chi connectivity index (χ1v) is 10.7. The van der Waals surface area contributed by atoms with Gasteiger partial charge in [-0.25, -0.2) is 14.2 Å². The van der Waals surface area contributed by atoms with Gasteiger partial charge >= 0.3 is 17.3 Å². The molecule has 0 amide bonds. The molecule has 32 heavy (non-hydrogen) atoms. The number of hydrogen-bond acceptors (Lipinski definition) is 5. The molecule has 1 atom stereocenters. The average molecular weight is 457 g/mol. The first-order chi connectivity index (χ1) is 15.3. The molecule has 0 radical (unpaired) electrons. The van der Waals surface area contributed by atoms with Gasteiger partial charge in [0.25, 0.3) is 0 Å². The maximum atomic E-state index is 13.2. The number of carbonyl (C=O) groups is 1. The van der Waals surface area contributed by atoms with Gasteiger partial charge in [0.05, 0.1) is 12.5 Å². The molecule has 0 spiro atoms. The summed E-state index contributed by atoms with van der Waals surface area (Å²) in [5, 5.41) is 12.8. The van der Waals surface area contributed by atoms with Crippen molar-refractivity contribution in [1.29, 1.82) is 0 Å². The molecule has 0 fully saturated rings. The lowest BCUT2D eigenvalue weighted by molar-refractivity contribution is -0.141. The molecule has 1 aromatic heterocycles. The van der Waals surface area contributed by atoms with Gasteiger partial charge in [0.15, 0.2) is 0 Å². The van der Waals surface area contributed by atoms with E-state index in [1.165, 1.54) is 17.1 Å². The third-order valence-corrected chi connectivity index (χ3v) is 5.28. The van der Waals surface area contributed by atoms with E-state index in [1.807, 2.05) is 24.3 Å². The zero-order chi connectivity index (χ0) is 23.3. The summed E-state index contributed by atoms with van der Waals surface area (Å²) in [6.45, 7) is 3.39. The molecule has 0 aliphatic heterocycles. The average Bonchev–Trinajstić information content (AvgIpc) is 2.76. The Kier molecular flexibility index (Phi) is 7.48. The number of aryl methyl sites for hydroxylation is 1. The summed E-state index contributed by atoms with van der Waals surface area (Å²) < 4.78 is 2.17. The summed E-state index contributed by atoms with van der Waals surface area (Å²) in [5.74, 6) is -1.94. The van der Waals surface area contributed by atoms with Crippen molar-refractivity contribution in [2.24, 2.45) is 5.92 Å². The van der Waals surface area contributed by atoms with Gasteiger partial charge < -0.3 is 10.4 Å². The number of carboxylic acids is 1. The predicted molar refractivity (Wildman–Crippen MR) is 124 cm³/mol. The van der Waals surface area contributed by atoms with Crippen LogP contribution < -0.4 is 16.7 Å². The van der Waals surface area contributed by atoms with Crippen LogP contribution >= 0.6 is 11.6 Å². The highest BCUT2D eigenvalue weighted by molar-refractivity contribution is 6.30. The van der Waals surface area contributed by atoms with E-state index >= 15 is 0 Å². The number of anilines is 2. The quantitative estimate of drug-likeness (QED) is 0.510. The predicted octanol–water partition coefficient (Wildman–Crippen LogP) is 3.52. The van der Waals surface area contributed by atoms with Crippen molar-refractivity contribution in [3.63, 3.8) is 0 Å². The Bertz CT molecular complexity index is 1200. The van der Waals surface area contributed by atoms with E-state index in [2.05, 4.69) is 17.2 Å². The summed E-state index contributed by atoms with van der Waals surface area (Å²) in [6, 6.07) is 14.6. The maximum absolute atomic E-state index is 13.2. The van der Waals surface area contributed by atoms with Crippen molar-refractivity contribution >= 4 is 29.2 Å². The summed E-state index contributed by atoms with van der Waals surface area (Å²) >= 11 is 5.96. The van der Waals surface area contributed by atoms with Crippen molar-refractivity contribution in [1.82, 2.24) is 14.1 Å². The molecular weight excluding hydrogens is 432 g/mol. The molecule has 8 nitrogen and oxygen atoms in total. The molecule has 168 valence electrons. The van der Waals surface area contributed by atoms with Crippen LogP contribution in [0.2, 0.25) is 5.02 Å². The zero-order valence-corrected chi connectivity index (χ0v) is 18.7. The highest BCUT2D eigenvalue weighted by atomic mass is 35.5. The first-order valence-electron chi connectivity index (χ1n) is 10.3. The van der Waals surface area contributed by atoms with Gasteiger partial charge in [-0.15, -0.1) is 0 Å². The summed E-state index contributed by atoms with van der Waals surface area (Å²) in [5.41, 5.74) is 1.19.